The van der Waals surface area contributed by atoms with E-state index in [4.69, 9.17) is 12.4 Å². The van der Waals surface area contributed by atoms with Gasteiger partial charge in [-0.05, 0) is 0 Å². The van der Waals surface area contributed by atoms with Gasteiger partial charge in [0, 0.05) is 0 Å². The van der Waals surface area contributed by atoms with Crippen LogP contribution in [0.1, 0.15) is 5.69 Å². The van der Waals surface area contributed by atoms with Gasteiger partial charge in [-0.25, -0.2) is 0 Å². The molecule has 0 spiro atoms. The van der Waals surface area contributed by atoms with E-state index >= 15 is 0 Å². The van der Waals surface area contributed by atoms with Crippen LogP contribution in [0.15, 0.2) is 23.5 Å². The Bertz CT molecular complexity index is 374. The van der Waals surface area contributed by atoms with Gasteiger partial charge in [0.05, 0.1) is 0 Å². The van der Waals surface area contributed by atoms with Crippen molar-refractivity contribution in [3.05, 3.63) is 30.7 Å². The minimum absolute atomic E-state index is 0.335. The van der Waals surface area contributed by atoms with E-state index < -0.39 is 0 Å². The third-order valence-corrected chi connectivity index (χ3v) is 1.76. The fourth-order valence-corrected chi connectivity index (χ4v) is 1.13. The fraction of sp³-hybridized carbons (Fsp3) is 0. The molecule has 1 heterocycles. The average molecular weight is 225 g/mol. The number of nitrogens with zero attached hydrogens (tertiary/aromatic N) is 3. The zero-order valence-corrected chi connectivity index (χ0v) is 8.65. The Labute approximate surface area is 90.6 Å². The summed E-state index contributed by atoms with van der Waals surface area (Å²) in [4.78, 5) is 11.9. The number of nitrogens with two attached hydrogens (primary N) is 1. The molecule has 1 rings (SSSR count). The summed E-state index contributed by atoms with van der Waals surface area (Å²) in [7, 11) is 0. The molecule has 5 nitrogen and oxygen atoms in total. The van der Waals surface area contributed by atoms with Crippen molar-refractivity contribution in [3.8, 4) is 0 Å². The van der Waals surface area contributed by atoms with Crippen molar-refractivity contribution in [3.63, 3.8) is 0 Å². The number of hydrogen-bond donors (Lipinski definition) is 2. The summed E-state index contributed by atoms with van der Waals surface area (Å²) in [5, 5.41) is 0. The van der Waals surface area contributed by atoms with Gasteiger partial charge < -0.3 is 0 Å². The van der Waals surface area contributed by atoms with Crippen LogP contribution < -0.4 is 11.3 Å². The molecule has 0 aromatic carbocycles. The first kappa shape index (κ1) is 10.8. The Morgan fingerprint density at radius 3 is 3.07 bits per heavy atom. The number of nitrogen functional groups attached to an aromatic ring is 1. The summed E-state index contributed by atoms with van der Waals surface area (Å²) >= 11 is 2.28. The van der Waals surface area contributed by atoms with Crippen LogP contribution in [0.3, 0.4) is 0 Å². The number of hydrogen-bond acceptors (Lipinski definition) is 5. The van der Waals surface area contributed by atoms with Crippen LogP contribution in [0.4, 0.5) is 5.95 Å². The zero-order valence-electron chi connectivity index (χ0n) is 7.25. The molecule has 0 aliphatic rings. The quantitative estimate of drug-likeness (QED) is 0.323. The Balaban J connectivity index is 3.10. The normalized spacial score (nSPS) is 10.7. The zero-order chi connectivity index (χ0) is 10.4. The number of nitrogens with one attached hydrogen (secondary N) is 1. The first-order valence-electron chi connectivity index (χ1n) is 3.70. The second kappa shape index (κ2) is 5.44. The molecule has 0 atom stereocenters. The van der Waals surface area contributed by atoms with Gasteiger partial charge in [-0.3, -0.25) is 0 Å². The number of hydrazine groups is 1. The Kier molecular flexibility index (Phi) is 4.19. The molecule has 0 amide bonds. The van der Waals surface area contributed by atoms with Gasteiger partial charge in [0.15, 0.2) is 0 Å². The molecule has 71 valence electrons. The molecule has 3 N–H and O–H groups in total. The van der Waals surface area contributed by atoms with Crippen LogP contribution in [0.25, 0.3) is 0 Å². The van der Waals surface area contributed by atoms with Crippen LogP contribution in [0.2, 0.25) is 0 Å². The van der Waals surface area contributed by atoms with E-state index in [-0.39, 0.29) is 0 Å². The van der Waals surface area contributed by atoms with Crippen molar-refractivity contribution in [2.45, 2.75) is 0 Å². The van der Waals surface area contributed by atoms with Crippen LogP contribution >= 0.6 is 0 Å². The second-order valence-electron chi connectivity index (χ2n) is 2.20. The van der Waals surface area contributed by atoms with Gasteiger partial charge in [-0.15, -0.1) is 0 Å². The van der Waals surface area contributed by atoms with Crippen LogP contribution in [-0.2, 0) is 17.0 Å². The van der Waals surface area contributed by atoms with E-state index in [9.17, 15) is 0 Å². The van der Waals surface area contributed by atoms with Gasteiger partial charge in [0.2, 0.25) is 0 Å². The maximum atomic E-state index is 5.19. The molecule has 1 aromatic rings. The fourth-order valence-electron chi connectivity index (χ4n) is 0.817. The minimum atomic E-state index is 0.335. The number of anilines is 1. The van der Waals surface area contributed by atoms with E-state index in [1.165, 1.54) is 6.20 Å². The van der Waals surface area contributed by atoms with E-state index in [1.807, 2.05) is 0 Å². The third-order valence-electron chi connectivity index (χ3n) is 1.38. The van der Waals surface area contributed by atoms with Crippen molar-refractivity contribution in [1.82, 2.24) is 9.97 Å². The first-order chi connectivity index (χ1) is 6.81. The predicted molar refractivity (Wildman–Crippen MR) is 51.3 cm³/mol. The summed E-state index contributed by atoms with van der Waals surface area (Å²) in [6, 6.07) is 1.72. The molecule has 1 aromatic heterocycles. The summed E-state index contributed by atoms with van der Waals surface area (Å²) in [5.74, 6) is 5.51. The molecule has 14 heavy (non-hydrogen) atoms. The molecule has 0 aliphatic carbocycles. The first-order valence-corrected chi connectivity index (χ1v) is 4.51. The average Bonchev–Trinajstić information content (AvgIpc) is 2.26. The SMILES string of the molecule is [CH-]=CN=C([CH]=[V])c1ccnc(NN)n1. The van der Waals surface area contributed by atoms with Crippen LogP contribution in [0.5, 0.6) is 0 Å². The molecular formula is C8H8N5V-. The Hall–Kier alpha value is -1.30. The number of aliphatic imine (C=N–C) groups is 1. The molecule has 6 heteroatoms. The Morgan fingerprint density at radius 1 is 1.71 bits per heavy atom. The van der Waals surface area contributed by atoms with Crippen molar-refractivity contribution in [2.75, 3.05) is 5.43 Å². The molecule has 0 aliphatic heterocycles. The van der Waals surface area contributed by atoms with E-state index in [1.54, 1.807) is 17.0 Å². The van der Waals surface area contributed by atoms with Crippen LogP contribution in [-0.4, -0.2) is 20.4 Å². The molecule has 0 saturated heterocycles. The van der Waals surface area contributed by atoms with E-state index in [0.29, 0.717) is 17.4 Å². The molecule has 0 radical (unpaired) electrons. The van der Waals surface area contributed by atoms with Crippen molar-refractivity contribution < 1.29 is 17.0 Å². The van der Waals surface area contributed by atoms with E-state index in [2.05, 4.69) is 37.4 Å². The topological polar surface area (TPSA) is 76.2 Å². The van der Waals surface area contributed by atoms with Gasteiger partial charge in [0.25, 0.3) is 0 Å². The third kappa shape index (κ3) is 2.60. The monoisotopic (exact) mass is 225 g/mol. The predicted octanol–water partition coefficient (Wildman–Crippen LogP) is -0.153. The summed E-state index contributed by atoms with van der Waals surface area (Å²) in [6.07, 6.45) is 2.79. The molecule has 0 unspecified atom stereocenters. The molecule has 0 bridgehead atoms. The maximum absolute atomic E-state index is 5.19. The van der Waals surface area contributed by atoms with Gasteiger partial charge in [0.1, 0.15) is 0 Å². The summed E-state index contributed by atoms with van der Waals surface area (Å²) in [5.41, 5.74) is 3.64. The van der Waals surface area contributed by atoms with Crippen molar-refractivity contribution in [1.29, 1.82) is 0 Å². The molecular weight excluding hydrogens is 217 g/mol. The standard InChI is InChI=1S/C8H8N5.V/c1-3-10-6(2)7-4-5-11-8(12-7)13-9;/h1-5H,9H2,(H,11,12,13);/q-1;. The Morgan fingerprint density at radius 2 is 2.50 bits per heavy atom. The van der Waals surface area contributed by atoms with Crippen molar-refractivity contribution in [2.24, 2.45) is 10.8 Å². The molecule has 0 fully saturated rings. The van der Waals surface area contributed by atoms with Gasteiger partial charge >= 0.3 is 90.3 Å². The second-order valence-corrected chi connectivity index (χ2v) is 2.61. The van der Waals surface area contributed by atoms with Gasteiger partial charge in [-0.2, -0.15) is 0 Å². The number of aromatic nitrogens is 2. The van der Waals surface area contributed by atoms with Gasteiger partial charge in [-0.1, -0.05) is 0 Å². The summed E-state index contributed by atoms with van der Waals surface area (Å²) < 4.78 is 1.74. The van der Waals surface area contributed by atoms with Crippen LogP contribution in [0, 0.1) is 6.58 Å². The van der Waals surface area contributed by atoms with E-state index in [0.717, 1.165) is 0 Å². The number of rotatable bonds is 4. The van der Waals surface area contributed by atoms with Crippen molar-refractivity contribution >= 4 is 16.4 Å². The molecule has 0 saturated carbocycles. The summed E-state index contributed by atoms with van der Waals surface area (Å²) in [6.45, 7) is 5.19.